The maximum Gasteiger partial charge on any atom is 0.261 e. The number of hydrogen-bond acceptors (Lipinski definition) is 3. The van der Waals surface area contributed by atoms with Gasteiger partial charge in [0, 0.05) is 38.6 Å². The minimum Gasteiger partial charge on any atom is -0.311 e. The van der Waals surface area contributed by atoms with Crippen molar-refractivity contribution in [2.75, 3.05) is 18.0 Å². The Balaban J connectivity index is 1.98. The van der Waals surface area contributed by atoms with Crippen molar-refractivity contribution >= 4 is 11.6 Å². The molecule has 0 atom stereocenters. The highest BCUT2D eigenvalue weighted by Gasteiger charge is 2.22. The van der Waals surface area contributed by atoms with E-state index in [2.05, 4.69) is 16.5 Å². The largest absolute Gasteiger partial charge is 0.311 e. The summed E-state index contributed by atoms with van der Waals surface area (Å²) in [4.78, 5) is 14.4. The quantitative estimate of drug-likeness (QED) is 0.833. The average Bonchev–Trinajstić information content (AvgIpc) is 2.74. The van der Waals surface area contributed by atoms with Gasteiger partial charge in [-0.2, -0.15) is 5.10 Å². The Hall–Kier alpha value is -2.14. The molecule has 1 aliphatic heterocycles. The fraction of sp³-hybridized carbons (Fsp3) is 0.286. The predicted octanol–water partition coefficient (Wildman–Crippen LogP) is 1.17. The second-order valence-corrected chi connectivity index (χ2v) is 4.66. The minimum atomic E-state index is 0.00394. The third-order valence-corrected chi connectivity index (χ3v) is 3.31. The van der Waals surface area contributed by atoms with Crippen LogP contribution in [0.15, 0.2) is 36.7 Å². The monoisotopic (exact) mass is 256 g/mol. The zero-order valence-electron chi connectivity index (χ0n) is 10.8. The maximum absolute atomic E-state index is 12.6. The highest BCUT2D eigenvalue weighted by molar-refractivity contribution is 6.06. The van der Waals surface area contributed by atoms with Gasteiger partial charge >= 0.3 is 0 Å². The first-order valence-corrected chi connectivity index (χ1v) is 6.35. The molecule has 5 nitrogen and oxygen atoms in total. The summed E-state index contributed by atoms with van der Waals surface area (Å²) in [5, 5.41) is 7.40. The van der Waals surface area contributed by atoms with Crippen molar-refractivity contribution in [3.05, 3.63) is 47.8 Å². The topological polar surface area (TPSA) is 50.2 Å². The van der Waals surface area contributed by atoms with E-state index in [0.29, 0.717) is 12.1 Å². The fourth-order valence-electron chi connectivity index (χ4n) is 2.36. The molecule has 1 aliphatic rings. The molecular formula is C14H16N4O. The van der Waals surface area contributed by atoms with Crippen LogP contribution in [0.4, 0.5) is 5.69 Å². The first kappa shape index (κ1) is 11.9. The Morgan fingerprint density at radius 2 is 2.21 bits per heavy atom. The Labute approximate surface area is 111 Å². The van der Waals surface area contributed by atoms with E-state index in [0.717, 1.165) is 24.3 Å². The number of hydrogen-bond donors (Lipinski definition) is 1. The van der Waals surface area contributed by atoms with Crippen molar-refractivity contribution in [1.29, 1.82) is 0 Å². The Morgan fingerprint density at radius 3 is 3.00 bits per heavy atom. The average molecular weight is 256 g/mol. The summed E-state index contributed by atoms with van der Waals surface area (Å²) in [6.07, 6.45) is 3.37. The summed E-state index contributed by atoms with van der Waals surface area (Å²) in [6, 6.07) is 8.01. The maximum atomic E-state index is 12.6. The number of carbonyl (C=O) groups is 1. The summed E-state index contributed by atoms with van der Waals surface area (Å²) >= 11 is 0. The number of rotatable bonds is 1. The summed E-state index contributed by atoms with van der Waals surface area (Å²) in [7, 11) is 1.81. The molecule has 0 fully saturated rings. The van der Waals surface area contributed by atoms with E-state index in [9.17, 15) is 4.79 Å². The van der Waals surface area contributed by atoms with E-state index < -0.39 is 0 Å². The summed E-state index contributed by atoms with van der Waals surface area (Å²) in [6.45, 7) is 2.26. The predicted molar refractivity (Wildman–Crippen MR) is 73.0 cm³/mol. The molecule has 0 saturated carbocycles. The number of carbonyl (C=O) groups excluding carboxylic acids is 1. The molecule has 98 valence electrons. The van der Waals surface area contributed by atoms with E-state index in [1.54, 1.807) is 17.1 Å². The molecule has 1 aromatic heterocycles. The molecule has 1 aromatic carbocycles. The van der Waals surface area contributed by atoms with Crippen LogP contribution in [-0.4, -0.2) is 28.8 Å². The molecule has 0 saturated heterocycles. The zero-order valence-corrected chi connectivity index (χ0v) is 10.8. The van der Waals surface area contributed by atoms with Gasteiger partial charge in [0.1, 0.15) is 0 Å². The summed E-state index contributed by atoms with van der Waals surface area (Å²) in [5.74, 6) is 0.00394. The molecule has 1 N–H and O–H groups in total. The Kier molecular flexibility index (Phi) is 3.05. The third-order valence-electron chi connectivity index (χ3n) is 3.31. The smallest absolute Gasteiger partial charge is 0.261 e. The van der Waals surface area contributed by atoms with Gasteiger partial charge in [0.2, 0.25) is 0 Å². The highest BCUT2D eigenvalue weighted by Crippen LogP contribution is 2.23. The van der Waals surface area contributed by atoms with Gasteiger partial charge < -0.3 is 10.2 Å². The Morgan fingerprint density at radius 1 is 1.37 bits per heavy atom. The third kappa shape index (κ3) is 2.24. The van der Waals surface area contributed by atoms with Crippen molar-refractivity contribution in [3.8, 4) is 0 Å². The molecule has 2 heterocycles. The van der Waals surface area contributed by atoms with Gasteiger partial charge in [0.15, 0.2) is 0 Å². The van der Waals surface area contributed by atoms with Crippen LogP contribution >= 0.6 is 0 Å². The van der Waals surface area contributed by atoms with Gasteiger partial charge in [-0.05, 0) is 11.6 Å². The van der Waals surface area contributed by atoms with Gasteiger partial charge in [-0.1, -0.05) is 18.2 Å². The van der Waals surface area contributed by atoms with Crippen molar-refractivity contribution < 1.29 is 4.79 Å². The second-order valence-electron chi connectivity index (χ2n) is 4.66. The molecule has 3 rings (SSSR count). The van der Waals surface area contributed by atoms with E-state index in [4.69, 9.17) is 0 Å². The summed E-state index contributed by atoms with van der Waals surface area (Å²) in [5.41, 5.74) is 2.76. The SMILES string of the molecule is Cn1cc(C(=O)N2CCNCc3ccccc32)cn1. The lowest BCUT2D eigenvalue weighted by atomic mass is 10.1. The first-order valence-electron chi connectivity index (χ1n) is 6.35. The summed E-state index contributed by atoms with van der Waals surface area (Å²) < 4.78 is 1.65. The highest BCUT2D eigenvalue weighted by atomic mass is 16.2. The molecule has 0 aliphatic carbocycles. The number of benzene rings is 1. The van der Waals surface area contributed by atoms with Crippen molar-refractivity contribution in [3.63, 3.8) is 0 Å². The van der Waals surface area contributed by atoms with Crippen LogP contribution in [-0.2, 0) is 13.6 Å². The molecule has 0 unspecified atom stereocenters. The van der Waals surface area contributed by atoms with E-state index in [1.165, 1.54) is 0 Å². The zero-order chi connectivity index (χ0) is 13.2. The van der Waals surface area contributed by atoms with E-state index in [1.807, 2.05) is 30.1 Å². The number of nitrogens with one attached hydrogen (secondary N) is 1. The van der Waals surface area contributed by atoms with Crippen LogP contribution < -0.4 is 10.2 Å². The van der Waals surface area contributed by atoms with Crippen LogP contribution in [0.1, 0.15) is 15.9 Å². The number of aromatic nitrogens is 2. The van der Waals surface area contributed by atoms with Gasteiger partial charge in [0.25, 0.3) is 5.91 Å². The first-order chi connectivity index (χ1) is 9.25. The second kappa shape index (κ2) is 4.85. The molecule has 0 spiro atoms. The van der Waals surface area contributed by atoms with Crippen LogP contribution in [0, 0.1) is 0 Å². The minimum absolute atomic E-state index is 0.00394. The van der Waals surface area contributed by atoms with Crippen LogP contribution in [0.25, 0.3) is 0 Å². The number of fused-ring (bicyclic) bond motifs is 1. The number of nitrogens with zero attached hydrogens (tertiary/aromatic N) is 3. The molecule has 19 heavy (non-hydrogen) atoms. The van der Waals surface area contributed by atoms with Gasteiger partial charge in [-0.15, -0.1) is 0 Å². The Bertz CT molecular complexity index is 605. The molecule has 0 radical (unpaired) electrons. The van der Waals surface area contributed by atoms with Crippen molar-refractivity contribution in [2.45, 2.75) is 6.54 Å². The van der Waals surface area contributed by atoms with Crippen molar-refractivity contribution in [1.82, 2.24) is 15.1 Å². The lowest BCUT2D eigenvalue weighted by Crippen LogP contribution is -2.34. The molecule has 0 bridgehead atoms. The van der Waals surface area contributed by atoms with E-state index >= 15 is 0 Å². The number of amides is 1. The lowest BCUT2D eigenvalue weighted by Gasteiger charge is -2.21. The number of aryl methyl sites for hydroxylation is 1. The number of anilines is 1. The lowest BCUT2D eigenvalue weighted by molar-refractivity contribution is 0.0987. The van der Waals surface area contributed by atoms with Crippen molar-refractivity contribution in [2.24, 2.45) is 7.05 Å². The normalized spacial score (nSPS) is 14.9. The molecule has 1 amide bonds. The van der Waals surface area contributed by atoms with Gasteiger partial charge in [-0.3, -0.25) is 9.48 Å². The van der Waals surface area contributed by atoms with Crippen LogP contribution in [0.3, 0.4) is 0 Å². The number of para-hydroxylation sites is 1. The molecular weight excluding hydrogens is 240 g/mol. The standard InChI is InChI=1S/C14H16N4O/c1-17-10-12(9-16-17)14(19)18-7-6-15-8-11-4-2-3-5-13(11)18/h2-5,9-10,15H,6-8H2,1H3. The van der Waals surface area contributed by atoms with Crippen LogP contribution in [0.2, 0.25) is 0 Å². The van der Waals surface area contributed by atoms with Gasteiger partial charge in [0.05, 0.1) is 11.8 Å². The van der Waals surface area contributed by atoms with E-state index in [-0.39, 0.29) is 5.91 Å². The van der Waals surface area contributed by atoms with Crippen LogP contribution in [0.5, 0.6) is 0 Å². The fourth-order valence-corrected chi connectivity index (χ4v) is 2.36. The molecule has 5 heteroatoms. The van der Waals surface area contributed by atoms with Gasteiger partial charge in [-0.25, -0.2) is 0 Å². The molecule has 2 aromatic rings.